The Bertz CT molecular complexity index is 896. The second-order valence-electron chi connectivity index (χ2n) is 6.44. The van der Waals surface area contributed by atoms with Gasteiger partial charge in [-0.25, -0.2) is 4.98 Å². The fourth-order valence-corrected chi connectivity index (χ4v) is 3.74. The average molecular weight is 387 g/mol. The maximum Gasteiger partial charge on any atom is 0.308 e. The first-order valence-electron chi connectivity index (χ1n) is 8.73. The molecule has 8 heteroatoms. The fourth-order valence-electron chi connectivity index (χ4n) is 2.82. The Balaban J connectivity index is 1.82. The van der Waals surface area contributed by atoms with Crippen LogP contribution in [0.15, 0.2) is 46.5 Å². The molecule has 0 bridgehead atoms. The first-order valence-corrected chi connectivity index (χ1v) is 9.72. The van der Waals surface area contributed by atoms with Crippen molar-refractivity contribution in [2.75, 3.05) is 5.75 Å². The highest BCUT2D eigenvalue weighted by molar-refractivity contribution is 7.99. The van der Waals surface area contributed by atoms with Gasteiger partial charge in [-0.15, -0.1) is 0 Å². The average Bonchev–Trinajstić information content (AvgIpc) is 3.11. The summed E-state index contributed by atoms with van der Waals surface area (Å²) >= 11 is 1.49. The van der Waals surface area contributed by atoms with Crippen molar-refractivity contribution in [2.24, 2.45) is 0 Å². The van der Waals surface area contributed by atoms with Gasteiger partial charge in [-0.3, -0.25) is 19.0 Å². The Morgan fingerprint density at radius 3 is 2.74 bits per heavy atom. The van der Waals surface area contributed by atoms with E-state index in [1.165, 1.54) is 22.5 Å². The van der Waals surface area contributed by atoms with Crippen LogP contribution in [0.2, 0.25) is 0 Å². The van der Waals surface area contributed by atoms with Crippen LogP contribution in [0.4, 0.5) is 0 Å². The first kappa shape index (κ1) is 19.2. The van der Waals surface area contributed by atoms with Gasteiger partial charge >= 0.3 is 5.97 Å². The van der Waals surface area contributed by atoms with Crippen molar-refractivity contribution in [1.29, 1.82) is 0 Å². The van der Waals surface area contributed by atoms with Crippen LogP contribution in [0, 0.1) is 0 Å². The number of esters is 1. The van der Waals surface area contributed by atoms with E-state index in [1.54, 1.807) is 13.8 Å². The number of hydrogen-bond donors (Lipinski definition) is 1. The highest BCUT2D eigenvalue weighted by Gasteiger charge is 2.24. The lowest BCUT2D eigenvalue weighted by atomic mass is 10.0. The molecule has 0 unspecified atom stereocenters. The van der Waals surface area contributed by atoms with E-state index in [2.05, 4.69) is 10.3 Å². The third kappa shape index (κ3) is 4.57. The molecule has 1 aliphatic rings. The Kier molecular flexibility index (Phi) is 5.95. The van der Waals surface area contributed by atoms with Gasteiger partial charge in [-0.1, -0.05) is 42.1 Å². The normalized spacial score (nSPS) is 13.9. The lowest BCUT2D eigenvalue weighted by Gasteiger charge is -2.19. The molecule has 1 N–H and O–H groups in total. The second-order valence-corrected chi connectivity index (χ2v) is 7.50. The van der Waals surface area contributed by atoms with Crippen LogP contribution in [0.3, 0.4) is 0 Å². The molecular weight excluding hydrogens is 366 g/mol. The van der Waals surface area contributed by atoms with Crippen LogP contribution in [0.1, 0.15) is 42.2 Å². The molecule has 1 amide bonds. The van der Waals surface area contributed by atoms with Crippen molar-refractivity contribution in [1.82, 2.24) is 14.9 Å². The van der Waals surface area contributed by atoms with Gasteiger partial charge in [0.2, 0.25) is 0 Å². The summed E-state index contributed by atoms with van der Waals surface area (Å²) in [6.45, 7) is 4.07. The minimum atomic E-state index is -0.600. The molecule has 142 valence electrons. The Morgan fingerprint density at radius 2 is 2.04 bits per heavy atom. The van der Waals surface area contributed by atoms with E-state index < -0.39 is 17.9 Å². The van der Waals surface area contributed by atoms with E-state index in [1.807, 2.05) is 30.3 Å². The summed E-state index contributed by atoms with van der Waals surface area (Å²) in [5, 5.41) is 3.41. The fraction of sp³-hybridized carbons (Fsp3) is 0.368. The summed E-state index contributed by atoms with van der Waals surface area (Å²) in [5.41, 5.74) is 0.370. The van der Waals surface area contributed by atoms with Crippen LogP contribution in [-0.2, 0) is 16.1 Å². The number of rotatable bonds is 6. The number of ether oxygens (including phenoxy) is 1. The molecule has 27 heavy (non-hydrogen) atoms. The molecule has 0 fully saturated rings. The topological polar surface area (TPSA) is 90.3 Å². The number of carbonyl (C=O) groups is 2. The maximum atomic E-state index is 12.7. The summed E-state index contributed by atoms with van der Waals surface area (Å²) in [4.78, 5) is 41.6. The Morgan fingerprint density at radius 1 is 1.30 bits per heavy atom. The van der Waals surface area contributed by atoms with E-state index in [0.29, 0.717) is 11.7 Å². The number of benzene rings is 1. The molecule has 2 heterocycles. The van der Waals surface area contributed by atoms with Crippen LogP contribution < -0.4 is 10.9 Å². The van der Waals surface area contributed by atoms with E-state index in [4.69, 9.17) is 4.74 Å². The number of nitrogens with one attached hydrogen (secondary N) is 1. The first-order chi connectivity index (χ1) is 13.0. The zero-order valence-electron chi connectivity index (χ0n) is 15.2. The van der Waals surface area contributed by atoms with Crippen molar-refractivity contribution in [3.8, 4) is 0 Å². The van der Waals surface area contributed by atoms with Crippen molar-refractivity contribution in [3.63, 3.8) is 0 Å². The number of thioether (sulfide) groups is 1. The van der Waals surface area contributed by atoms with Crippen molar-refractivity contribution in [3.05, 3.63) is 58.0 Å². The van der Waals surface area contributed by atoms with E-state index in [-0.39, 0.29) is 23.6 Å². The summed E-state index contributed by atoms with van der Waals surface area (Å²) in [6, 6.07) is 8.53. The molecule has 3 rings (SSSR count). The predicted molar refractivity (Wildman–Crippen MR) is 102 cm³/mol. The molecule has 2 aromatic rings. The molecule has 7 nitrogen and oxygen atoms in total. The zero-order chi connectivity index (χ0) is 19.4. The monoisotopic (exact) mass is 387 g/mol. The maximum absolute atomic E-state index is 12.7. The molecule has 1 atom stereocenters. The molecule has 0 aliphatic carbocycles. The SMILES string of the molecule is CC(C)OC(=O)C[C@H](NC(=O)c1cnc2n(c1=O)CCS2)c1ccccc1. The van der Waals surface area contributed by atoms with Crippen LogP contribution in [0.25, 0.3) is 0 Å². The lowest BCUT2D eigenvalue weighted by Crippen LogP contribution is -2.36. The summed E-state index contributed by atoms with van der Waals surface area (Å²) in [6.07, 6.45) is 1.03. The number of fused-ring (bicyclic) bond motifs is 1. The number of hydrogen-bond acceptors (Lipinski definition) is 6. The van der Waals surface area contributed by atoms with Crippen LogP contribution in [0.5, 0.6) is 0 Å². The van der Waals surface area contributed by atoms with Gasteiger partial charge in [0.05, 0.1) is 18.6 Å². The van der Waals surface area contributed by atoms with Gasteiger partial charge in [0.1, 0.15) is 5.56 Å². The molecule has 1 aliphatic heterocycles. The van der Waals surface area contributed by atoms with Crippen LogP contribution >= 0.6 is 11.8 Å². The lowest BCUT2D eigenvalue weighted by molar-refractivity contribution is -0.147. The van der Waals surface area contributed by atoms with Crippen molar-refractivity contribution < 1.29 is 14.3 Å². The highest BCUT2D eigenvalue weighted by atomic mass is 32.2. The number of nitrogens with zero attached hydrogens (tertiary/aromatic N) is 2. The van der Waals surface area contributed by atoms with E-state index >= 15 is 0 Å². The Hall–Kier alpha value is -2.61. The molecule has 0 radical (unpaired) electrons. The molecule has 1 aromatic heterocycles. The Labute approximate surface area is 161 Å². The highest BCUT2D eigenvalue weighted by Crippen LogP contribution is 2.21. The van der Waals surface area contributed by atoms with E-state index in [9.17, 15) is 14.4 Å². The minimum absolute atomic E-state index is 0.0243. The molecular formula is C19H21N3O4S. The molecule has 1 aromatic carbocycles. The summed E-state index contributed by atoms with van der Waals surface area (Å²) in [5.74, 6) is -0.202. The van der Waals surface area contributed by atoms with Gasteiger partial charge in [0.15, 0.2) is 5.16 Å². The van der Waals surface area contributed by atoms with Crippen molar-refractivity contribution in [2.45, 2.75) is 44.1 Å². The van der Waals surface area contributed by atoms with E-state index in [0.717, 1.165) is 11.3 Å². The van der Waals surface area contributed by atoms with Crippen molar-refractivity contribution >= 4 is 23.6 Å². The second kappa shape index (κ2) is 8.39. The number of aromatic nitrogens is 2. The molecule has 0 saturated carbocycles. The third-order valence-electron chi connectivity index (χ3n) is 4.05. The zero-order valence-corrected chi connectivity index (χ0v) is 16.0. The van der Waals surface area contributed by atoms with Gasteiger partial charge in [0.25, 0.3) is 11.5 Å². The third-order valence-corrected chi connectivity index (χ3v) is 5.02. The molecule has 0 spiro atoms. The predicted octanol–water partition coefficient (Wildman–Crippen LogP) is 2.16. The largest absolute Gasteiger partial charge is 0.463 e. The van der Waals surface area contributed by atoms with Gasteiger partial charge in [-0.2, -0.15) is 0 Å². The quantitative estimate of drug-likeness (QED) is 0.603. The minimum Gasteiger partial charge on any atom is -0.463 e. The number of amides is 1. The van der Waals surface area contributed by atoms with Gasteiger partial charge < -0.3 is 10.1 Å². The summed E-state index contributed by atoms with van der Waals surface area (Å²) in [7, 11) is 0. The van der Waals surface area contributed by atoms with Crippen LogP contribution in [-0.4, -0.2) is 33.3 Å². The van der Waals surface area contributed by atoms with Gasteiger partial charge in [0, 0.05) is 18.5 Å². The standard InChI is InChI=1S/C19H21N3O4S/c1-12(2)26-16(23)10-15(13-6-4-3-5-7-13)21-17(24)14-11-20-19-22(18(14)25)8-9-27-19/h3-7,11-12,15H,8-10H2,1-2H3,(H,21,24)/t15-/m0/s1. The number of carbonyl (C=O) groups excluding carboxylic acids is 2. The van der Waals surface area contributed by atoms with Gasteiger partial charge in [-0.05, 0) is 19.4 Å². The summed E-state index contributed by atoms with van der Waals surface area (Å²) < 4.78 is 6.71. The molecule has 0 saturated heterocycles. The smallest absolute Gasteiger partial charge is 0.308 e.